The van der Waals surface area contributed by atoms with Gasteiger partial charge in [-0.15, -0.1) is 0 Å². The van der Waals surface area contributed by atoms with Crippen molar-refractivity contribution in [2.45, 2.75) is 20.3 Å². The highest BCUT2D eigenvalue weighted by atomic mass is 79.9. The monoisotopic (exact) mass is 279 g/mol. The van der Waals surface area contributed by atoms with E-state index >= 15 is 0 Å². The summed E-state index contributed by atoms with van der Waals surface area (Å²) in [5.41, 5.74) is 5.91. The lowest BCUT2D eigenvalue weighted by molar-refractivity contribution is 1.10. The van der Waals surface area contributed by atoms with E-state index in [9.17, 15) is 0 Å². The Kier molecular flexibility index (Phi) is 3.12. The van der Waals surface area contributed by atoms with E-state index in [-0.39, 0.29) is 0 Å². The highest BCUT2D eigenvalue weighted by Gasteiger charge is 2.08. The number of anilines is 1. The van der Waals surface area contributed by atoms with Gasteiger partial charge in [-0.25, -0.2) is 10.8 Å². The number of fused-ring (bicyclic) bond motifs is 1. The van der Waals surface area contributed by atoms with Gasteiger partial charge in [-0.05, 0) is 46.5 Å². The SMILES string of the molecule is CCc1cc2ccc(C)c(Br)c2nc1NN. The van der Waals surface area contributed by atoms with Gasteiger partial charge < -0.3 is 5.43 Å². The lowest BCUT2D eigenvalue weighted by atomic mass is 10.1. The number of halogens is 1. The standard InChI is InChI=1S/C12H14BrN3/c1-3-8-6-9-5-4-7(2)10(13)11(9)15-12(8)16-14/h4-6H,3,14H2,1-2H3,(H,15,16). The Balaban J connectivity index is 2.78. The van der Waals surface area contributed by atoms with Crippen molar-refractivity contribution in [2.24, 2.45) is 5.84 Å². The number of aryl methyl sites for hydroxylation is 2. The van der Waals surface area contributed by atoms with Gasteiger partial charge in [0.15, 0.2) is 0 Å². The molecule has 0 aliphatic rings. The van der Waals surface area contributed by atoms with Gasteiger partial charge in [0.1, 0.15) is 5.82 Å². The molecule has 0 amide bonds. The zero-order valence-corrected chi connectivity index (χ0v) is 10.9. The molecule has 0 spiro atoms. The summed E-state index contributed by atoms with van der Waals surface area (Å²) in [5, 5.41) is 1.13. The number of benzene rings is 1. The Labute approximate surface area is 103 Å². The molecular weight excluding hydrogens is 266 g/mol. The van der Waals surface area contributed by atoms with Crippen molar-refractivity contribution in [2.75, 3.05) is 5.43 Å². The van der Waals surface area contributed by atoms with Gasteiger partial charge in [-0.2, -0.15) is 0 Å². The topological polar surface area (TPSA) is 50.9 Å². The third kappa shape index (κ3) is 1.79. The van der Waals surface area contributed by atoms with E-state index in [1.54, 1.807) is 0 Å². The Morgan fingerprint density at radius 3 is 2.81 bits per heavy atom. The van der Waals surface area contributed by atoms with Crippen molar-refractivity contribution in [3.63, 3.8) is 0 Å². The summed E-state index contributed by atoms with van der Waals surface area (Å²) >= 11 is 3.56. The largest absolute Gasteiger partial charge is 0.308 e. The summed E-state index contributed by atoms with van der Waals surface area (Å²) in [5.74, 6) is 6.23. The summed E-state index contributed by atoms with van der Waals surface area (Å²) in [6, 6.07) is 6.30. The number of hydrogen-bond acceptors (Lipinski definition) is 3. The maximum absolute atomic E-state index is 5.48. The van der Waals surface area contributed by atoms with Crippen LogP contribution in [-0.4, -0.2) is 4.98 Å². The van der Waals surface area contributed by atoms with Crippen molar-refractivity contribution in [1.29, 1.82) is 0 Å². The maximum Gasteiger partial charge on any atom is 0.143 e. The summed E-state index contributed by atoms with van der Waals surface area (Å²) in [7, 11) is 0. The third-order valence-corrected chi connectivity index (χ3v) is 3.72. The predicted molar refractivity (Wildman–Crippen MR) is 71.4 cm³/mol. The molecule has 0 aliphatic heterocycles. The molecule has 84 valence electrons. The van der Waals surface area contributed by atoms with Crippen LogP contribution >= 0.6 is 15.9 Å². The van der Waals surface area contributed by atoms with Crippen LogP contribution < -0.4 is 11.3 Å². The fraction of sp³-hybridized carbons (Fsp3) is 0.250. The number of nitrogen functional groups attached to an aromatic ring is 1. The number of nitrogens with one attached hydrogen (secondary N) is 1. The highest BCUT2D eigenvalue weighted by molar-refractivity contribution is 9.10. The first kappa shape index (κ1) is 11.4. The number of rotatable bonds is 2. The molecule has 1 heterocycles. The van der Waals surface area contributed by atoms with Gasteiger partial charge >= 0.3 is 0 Å². The molecule has 0 saturated heterocycles. The number of hydrazine groups is 1. The highest BCUT2D eigenvalue weighted by Crippen LogP contribution is 2.28. The molecule has 4 heteroatoms. The molecule has 1 aromatic heterocycles. The Hall–Kier alpha value is -1.13. The molecule has 0 radical (unpaired) electrons. The first-order chi connectivity index (χ1) is 7.67. The van der Waals surface area contributed by atoms with Crippen LogP contribution in [-0.2, 0) is 6.42 Å². The molecule has 3 nitrogen and oxygen atoms in total. The van der Waals surface area contributed by atoms with E-state index in [1.807, 2.05) is 0 Å². The zero-order valence-electron chi connectivity index (χ0n) is 9.34. The van der Waals surface area contributed by atoms with Gasteiger partial charge in [0.2, 0.25) is 0 Å². The lowest BCUT2D eigenvalue weighted by Gasteiger charge is -2.10. The molecule has 0 atom stereocenters. The number of hydrogen-bond donors (Lipinski definition) is 2. The van der Waals surface area contributed by atoms with Gasteiger partial charge in [0.25, 0.3) is 0 Å². The van der Waals surface area contributed by atoms with Gasteiger partial charge in [0, 0.05) is 9.86 Å². The van der Waals surface area contributed by atoms with Crippen LogP contribution in [0.4, 0.5) is 5.82 Å². The minimum Gasteiger partial charge on any atom is -0.308 e. The van der Waals surface area contributed by atoms with Crippen LogP contribution in [0.2, 0.25) is 0 Å². The molecule has 0 saturated carbocycles. The average molecular weight is 280 g/mol. The minimum absolute atomic E-state index is 0.751. The van der Waals surface area contributed by atoms with Crippen LogP contribution in [0.1, 0.15) is 18.1 Å². The third-order valence-electron chi connectivity index (χ3n) is 2.72. The average Bonchev–Trinajstić information content (AvgIpc) is 2.32. The fourth-order valence-corrected chi connectivity index (χ4v) is 2.19. The number of aromatic nitrogens is 1. The molecule has 1 aromatic carbocycles. The lowest BCUT2D eigenvalue weighted by Crippen LogP contribution is -2.11. The van der Waals surface area contributed by atoms with E-state index in [0.29, 0.717) is 0 Å². The van der Waals surface area contributed by atoms with Crippen LogP contribution in [0.15, 0.2) is 22.7 Å². The Bertz CT molecular complexity index is 537. The fourth-order valence-electron chi connectivity index (χ4n) is 1.74. The van der Waals surface area contributed by atoms with Crippen LogP contribution in [0.3, 0.4) is 0 Å². The summed E-state index contributed by atoms with van der Waals surface area (Å²) in [6.07, 6.45) is 0.911. The summed E-state index contributed by atoms with van der Waals surface area (Å²) in [6.45, 7) is 4.14. The smallest absolute Gasteiger partial charge is 0.143 e. The van der Waals surface area contributed by atoms with Crippen molar-refractivity contribution < 1.29 is 0 Å². The number of pyridine rings is 1. The van der Waals surface area contributed by atoms with Gasteiger partial charge in [-0.3, -0.25) is 0 Å². The number of nitrogens with two attached hydrogens (primary N) is 1. The van der Waals surface area contributed by atoms with Crippen molar-refractivity contribution >= 4 is 32.7 Å². The predicted octanol–water partition coefficient (Wildman–Crippen LogP) is 3.15. The van der Waals surface area contributed by atoms with Gasteiger partial charge in [-0.1, -0.05) is 19.1 Å². The molecular formula is C12H14BrN3. The Morgan fingerprint density at radius 2 is 2.19 bits per heavy atom. The summed E-state index contributed by atoms with van der Waals surface area (Å²) < 4.78 is 1.03. The molecule has 16 heavy (non-hydrogen) atoms. The molecule has 0 unspecified atom stereocenters. The van der Waals surface area contributed by atoms with Gasteiger partial charge in [0.05, 0.1) is 5.52 Å². The molecule has 0 bridgehead atoms. The second-order valence-corrected chi connectivity index (χ2v) is 4.56. The first-order valence-corrected chi connectivity index (χ1v) is 6.02. The minimum atomic E-state index is 0.751. The molecule has 2 rings (SSSR count). The van der Waals surface area contributed by atoms with Crippen molar-refractivity contribution in [3.05, 3.63) is 33.8 Å². The second kappa shape index (κ2) is 4.39. The quantitative estimate of drug-likeness (QED) is 0.656. The summed E-state index contributed by atoms with van der Waals surface area (Å²) in [4.78, 5) is 4.54. The molecule has 0 aliphatic carbocycles. The molecule has 0 fully saturated rings. The Morgan fingerprint density at radius 1 is 1.44 bits per heavy atom. The van der Waals surface area contributed by atoms with E-state index < -0.39 is 0 Å². The van der Waals surface area contributed by atoms with Crippen LogP contribution in [0, 0.1) is 6.92 Å². The van der Waals surface area contributed by atoms with Crippen molar-refractivity contribution in [1.82, 2.24) is 4.98 Å². The van der Waals surface area contributed by atoms with E-state index in [0.717, 1.165) is 33.2 Å². The normalized spacial score (nSPS) is 10.8. The van der Waals surface area contributed by atoms with Crippen LogP contribution in [0.5, 0.6) is 0 Å². The molecule has 3 N–H and O–H groups in total. The first-order valence-electron chi connectivity index (χ1n) is 5.22. The van der Waals surface area contributed by atoms with Crippen molar-refractivity contribution in [3.8, 4) is 0 Å². The van der Waals surface area contributed by atoms with E-state index in [4.69, 9.17) is 5.84 Å². The second-order valence-electron chi connectivity index (χ2n) is 3.76. The van der Waals surface area contributed by atoms with E-state index in [1.165, 1.54) is 5.56 Å². The number of nitrogens with zero attached hydrogens (tertiary/aromatic N) is 1. The maximum atomic E-state index is 5.48. The zero-order chi connectivity index (χ0) is 11.7. The van der Waals surface area contributed by atoms with Crippen LogP contribution in [0.25, 0.3) is 10.9 Å². The molecule has 2 aromatic rings. The van der Waals surface area contributed by atoms with E-state index in [2.05, 4.69) is 58.4 Å².